The Morgan fingerprint density at radius 2 is 1.76 bits per heavy atom. The van der Waals surface area contributed by atoms with E-state index in [9.17, 15) is 0 Å². The summed E-state index contributed by atoms with van der Waals surface area (Å²) in [7, 11) is 6.19. The lowest BCUT2D eigenvalue weighted by Gasteiger charge is -2.49. The fourth-order valence-electron chi connectivity index (χ4n) is 3.78. The zero-order chi connectivity index (χ0) is 15.3. The summed E-state index contributed by atoms with van der Waals surface area (Å²) < 4.78 is 5.30. The summed E-state index contributed by atoms with van der Waals surface area (Å²) in [4.78, 5) is 2.45. The standard InChI is InChI=1S/C18H30N2O/c1-5-19-17(15-9-11-16(21-4)12-10-15)18(20(2)3)13-7-6-8-14-18/h9-12,17,19H,5-8,13-14H2,1-4H3. The summed E-state index contributed by atoms with van der Waals surface area (Å²) in [6.45, 7) is 3.19. The average Bonchev–Trinajstić information content (AvgIpc) is 2.53. The minimum absolute atomic E-state index is 0.225. The highest BCUT2D eigenvalue weighted by Crippen LogP contribution is 2.42. The van der Waals surface area contributed by atoms with Crippen LogP contribution in [0.4, 0.5) is 0 Å². The zero-order valence-corrected chi connectivity index (χ0v) is 14.0. The van der Waals surface area contributed by atoms with Crippen molar-refractivity contribution in [2.24, 2.45) is 0 Å². The van der Waals surface area contributed by atoms with Crippen LogP contribution in [0.25, 0.3) is 0 Å². The van der Waals surface area contributed by atoms with E-state index in [1.807, 2.05) is 0 Å². The number of hydrogen-bond donors (Lipinski definition) is 1. The highest BCUT2D eigenvalue weighted by Gasteiger charge is 2.42. The van der Waals surface area contributed by atoms with Crippen LogP contribution in [0.3, 0.4) is 0 Å². The van der Waals surface area contributed by atoms with Crippen molar-refractivity contribution in [1.29, 1.82) is 0 Å². The molecule has 0 amide bonds. The Morgan fingerprint density at radius 3 is 2.24 bits per heavy atom. The van der Waals surface area contributed by atoms with Crippen molar-refractivity contribution >= 4 is 0 Å². The van der Waals surface area contributed by atoms with Gasteiger partial charge in [-0.25, -0.2) is 0 Å². The number of benzene rings is 1. The van der Waals surface area contributed by atoms with Gasteiger partial charge in [0.25, 0.3) is 0 Å². The Labute approximate surface area is 129 Å². The predicted octanol–water partition coefficient (Wildman–Crippen LogP) is 3.61. The van der Waals surface area contributed by atoms with Crippen LogP contribution in [0, 0.1) is 0 Å². The van der Waals surface area contributed by atoms with Gasteiger partial charge < -0.3 is 15.0 Å². The molecule has 1 aromatic rings. The van der Waals surface area contributed by atoms with Crippen LogP contribution in [0.1, 0.15) is 50.6 Å². The fraction of sp³-hybridized carbons (Fsp3) is 0.667. The first-order valence-electron chi connectivity index (χ1n) is 8.19. The Hall–Kier alpha value is -1.06. The average molecular weight is 290 g/mol. The summed E-state index contributed by atoms with van der Waals surface area (Å²) >= 11 is 0. The third-order valence-corrected chi connectivity index (χ3v) is 5.00. The lowest BCUT2D eigenvalue weighted by Crippen LogP contribution is -2.54. The molecule has 118 valence electrons. The van der Waals surface area contributed by atoms with Gasteiger partial charge in [-0.15, -0.1) is 0 Å². The van der Waals surface area contributed by atoms with E-state index in [2.05, 4.69) is 55.5 Å². The molecule has 3 heteroatoms. The second-order valence-electron chi connectivity index (χ2n) is 6.32. The first kappa shape index (κ1) is 16.3. The first-order valence-corrected chi connectivity index (χ1v) is 8.19. The van der Waals surface area contributed by atoms with E-state index in [0.29, 0.717) is 6.04 Å². The van der Waals surface area contributed by atoms with Gasteiger partial charge in [-0.3, -0.25) is 0 Å². The lowest BCUT2D eigenvalue weighted by molar-refractivity contribution is 0.0570. The van der Waals surface area contributed by atoms with E-state index in [4.69, 9.17) is 4.74 Å². The van der Waals surface area contributed by atoms with E-state index < -0.39 is 0 Å². The second-order valence-corrected chi connectivity index (χ2v) is 6.32. The van der Waals surface area contributed by atoms with Crippen molar-refractivity contribution in [3.63, 3.8) is 0 Å². The van der Waals surface area contributed by atoms with E-state index in [-0.39, 0.29) is 5.54 Å². The molecule has 1 fully saturated rings. The molecule has 0 heterocycles. The molecular formula is C18H30N2O. The first-order chi connectivity index (χ1) is 10.1. The van der Waals surface area contributed by atoms with Gasteiger partial charge in [0.15, 0.2) is 0 Å². The Balaban J connectivity index is 2.34. The third kappa shape index (κ3) is 3.41. The molecule has 0 saturated heterocycles. The van der Waals surface area contributed by atoms with Crippen molar-refractivity contribution in [2.75, 3.05) is 27.7 Å². The molecule has 0 spiro atoms. The largest absolute Gasteiger partial charge is 0.497 e. The number of likely N-dealkylation sites (N-methyl/N-ethyl adjacent to an activating group) is 2. The second kappa shape index (κ2) is 7.28. The molecule has 0 bridgehead atoms. The number of ether oxygens (including phenoxy) is 1. The van der Waals surface area contributed by atoms with Crippen molar-refractivity contribution in [3.8, 4) is 5.75 Å². The molecule has 2 rings (SSSR count). The van der Waals surface area contributed by atoms with Gasteiger partial charge >= 0.3 is 0 Å². The highest BCUT2D eigenvalue weighted by atomic mass is 16.5. The van der Waals surface area contributed by atoms with Crippen molar-refractivity contribution in [2.45, 2.75) is 50.6 Å². The summed E-state index contributed by atoms with van der Waals surface area (Å²) in [5.74, 6) is 0.927. The fourth-order valence-corrected chi connectivity index (χ4v) is 3.78. The van der Waals surface area contributed by atoms with Crippen LogP contribution in [0.15, 0.2) is 24.3 Å². The Bertz CT molecular complexity index is 421. The maximum absolute atomic E-state index is 5.30. The molecular weight excluding hydrogens is 260 g/mol. The maximum atomic E-state index is 5.30. The normalized spacial score (nSPS) is 19.5. The summed E-state index contributed by atoms with van der Waals surface area (Å²) in [6, 6.07) is 8.96. The van der Waals surface area contributed by atoms with Crippen molar-refractivity contribution in [1.82, 2.24) is 10.2 Å². The summed E-state index contributed by atoms with van der Waals surface area (Å²) in [5.41, 5.74) is 1.59. The van der Waals surface area contributed by atoms with Crippen molar-refractivity contribution < 1.29 is 4.74 Å². The van der Waals surface area contributed by atoms with Crippen LogP contribution in [-0.2, 0) is 0 Å². The smallest absolute Gasteiger partial charge is 0.118 e. The van der Waals surface area contributed by atoms with E-state index in [1.54, 1.807) is 7.11 Å². The van der Waals surface area contributed by atoms with Gasteiger partial charge in [0.1, 0.15) is 5.75 Å². The lowest BCUT2D eigenvalue weighted by atomic mass is 9.73. The van der Waals surface area contributed by atoms with Crippen LogP contribution in [-0.4, -0.2) is 38.2 Å². The van der Waals surface area contributed by atoms with Gasteiger partial charge in [-0.2, -0.15) is 0 Å². The summed E-state index contributed by atoms with van der Waals surface area (Å²) in [6.07, 6.45) is 6.57. The van der Waals surface area contributed by atoms with Crippen LogP contribution < -0.4 is 10.1 Å². The topological polar surface area (TPSA) is 24.5 Å². The van der Waals surface area contributed by atoms with Crippen molar-refractivity contribution in [3.05, 3.63) is 29.8 Å². The molecule has 1 atom stereocenters. The van der Waals surface area contributed by atoms with Crippen LogP contribution in [0.2, 0.25) is 0 Å². The monoisotopic (exact) mass is 290 g/mol. The third-order valence-electron chi connectivity index (χ3n) is 5.00. The summed E-state index contributed by atoms with van der Waals surface area (Å²) in [5, 5.41) is 3.75. The molecule has 1 aliphatic carbocycles. The molecule has 1 N–H and O–H groups in total. The van der Waals surface area contributed by atoms with Gasteiger partial charge in [-0.1, -0.05) is 38.3 Å². The zero-order valence-electron chi connectivity index (χ0n) is 14.0. The van der Waals surface area contributed by atoms with Crippen LogP contribution >= 0.6 is 0 Å². The quantitative estimate of drug-likeness (QED) is 0.866. The molecule has 0 aliphatic heterocycles. The number of nitrogens with one attached hydrogen (secondary N) is 1. The minimum atomic E-state index is 0.225. The molecule has 1 unspecified atom stereocenters. The predicted molar refractivity (Wildman–Crippen MR) is 88.9 cm³/mol. The molecule has 0 aromatic heterocycles. The Kier molecular flexibility index (Phi) is 5.65. The number of rotatable bonds is 6. The van der Waals surface area contributed by atoms with E-state index in [1.165, 1.54) is 37.7 Å². The number of methoxy groups -OCH3 is 1. The molecule has 1 aliphatic rings. The highest BCUT2D eigenvalue weighted by molar-refractivity contribution is 5.31. The maximum Gasteiger partial charge on any atom is 0.118 e. The molecule has 21 heavy (non-hydrogen) atoms. The molecule has 1 saturated carbocycles. The van der Waals surface area contributed by atoms with E-state index >= 15 is 0 Å². The number of nitrogens with zero attached hydrogens (tertiary/aromatic N) is 1. The number of hydrogen-bond acceptors (Lipinski definition) is 3. The van der Waals surface area contributed by atoms with Gasteiger partial charge in [-0.05, 0) is 51.2 Å². The van der Waals surface area contributed by atoms with Crippen LogP contribution in [0.5, 0.6) is 5.75 Å². The van der Waals surface area contributed by atoms with Gasteiger partial charge in [0, 0.05) is 5.54 Å². The molecule has 3 nitrogen and oxygen atoms in total. The Morgan fingerprint density at radius 1 is 1.14 bits per heavy atom. The minimum Gasteiger partial charge on any atom is -0.497 e. The molecule has 1 aromatic carbocycles. The van der Waals surface area contributed by atoms with E-state index in [0.717, 1.165) is 12.3 Å². The SMILES string of the molecule is CCNC(c1ccc(OC)cc1)C1(N(C)C)CCCCC1. The van der Waals surface area contributed by atoms with Gasteiger partial charge in [0.05, 0.1) is 13.2 Å². The molecule has 0 radical (unpaired) electrons. The van der Waals surface area contributed by atoms with Gasteiger partial charge in [0.2, 0.25) is 0 Å².